The first-order valence-electron chi connectivity index (χ1n) is 10.5. The minimum atomic E-state index is 0.556. The standard InChI is InChI=1S/C22H26Cl2N2.C2H6/c1-15-10-17(11-16(2)19(15)14-25-8-3-4-9-25)18-12-26(13-18)22-20(23)6-5-7-21(22)24;1-2/h5-7,10-11,18H,3-4,8-9,12-14H2,1-2H3;1-2H3. The van der Waals surface area contributed by atoms with Crippen LogP contribution in [0.15, 0.2) is 30.3 Å². The van der Waals surface area contributed by atoms with Crippen LogP contribution in [-0.2, 0) is 6.54 Å². The maximum Gasteiger partial charge on any atom is 0.0745 e. The molecule has 2 heterocycles. The van der Waals surface area contributed by atoms with Crippen molar-refractivity contribution in [3.05, 3.63) is 62.6 Å². The van der Waals surface area contributed by atoms with Crippen molar-refractivity contribution in [2.75, 3.05) is 31.1 Å². The first-order valence-corrected chi connectivity index (χ1v) is 11.3. The van der Waals surface area contributed by atoms with Crippen molar-refractivity contribution in [1.82, 2.24) is 4.90 Å². The van der Waals surface area contributed by atoms with E-state index in [9.17, 15) is 0 Å². The summed E-state index contributed by atoms with van der Waals surface area (Å²) in [6.45, 7) is 14.1. The Morgan fingerprint density at radius 2 is 1.46 bits per heavy atom. The van der Waals surface area contributed by atoms with Gasteiger partial charge < -0.3 is 4.90 Å². The van der Waals surface area contributed by atoms with Crippen LogP contribution in [0.5, 0.6) is 0 Å². The van der Waals surface area contributed by atoms with E-state index >= 15 is 0 Å². The number of aryl methyl sites for hydroxylation is 2. The van der Waals surface area contributed by atoms with E-state index in [-0.39, 0.29) is 0 Å². The van der Waals surface area contributed by atoms with Gasteiger partial charge in [0.2, 0.25) is 0 Å². The largest absolute Gasteiger partial charge is 0.368 e. The second kappa shape index (κ2) is 9.52. The van der Waals surface area contributed by atoms with E-state index in [1.54, 1.807) is 0 Å². The summed E-state index contributed by atoms with van der Waals surface area (Å²) < 4.78 is 0. The first-order chi connectivity index (χ1) is 13.5. The molecule has 0 N–H and O–H groups in total. The van der Waals surface area contributed by atoms with E-state index in [1.807, 2.05) is 32.0 Å². The highest BCUT2D eigenvalue weighted by molar-refractivity contribution is 6.39. The molecule has 4 heteroatoms. The Bertz CT molecular complexity index is 763. The van der Waals surface area contributed by atoms with Gasteiger partial charge >= 0.3 is 0 Å². The Balaban J connectivity index is 0.00000109. The zero-order valence-corrected chi connectivity index (χ0v) is 19.1. The maximum atomic E-state index is 6.35. The van der Waals surface area contributed by atoms with Gasteiger partial charge in [0.05, 0.1) is 15.7 Å². The minimum Gasteiger partial charge on any atom is -0.368 e. The van der Waals surface area contributed by atoms with Crippen molar-refractivity contribution < 1.29 is 0 Å². The number of benzene rings is 2. The van der Waals surface area contributed by atoms with Gasteiger partial charge in [-0.1, -0.05) is 55.2 Å². The summed E-state index contributed by atoms with van der Waals surface area (Å²) in [5.41, 5.74) is 6.80. The summed E-state index contributed by atoms with van der Waals surface area (Å²) in [7, 11) is 0. The summed E-state index contributed by atoms with van der Waals surface area (Å²) in [5, 5.41) is 1.48. The molecule has 2 fully saturated rings. The number of likely N-dealkylation sites (tertiary alicyclic amines) is 1. The Morgan fingerprint density at radius 1 is 0.929 bits per heavy atom. The van der Waals surface area contributed by atoms with Gasteiger partial charge in [0.15, 0.2) is 0 Å². The molecule has 0 bridgehead atoms. The van der Waals surface area contributed by atoms with Crippen molar-refractivity contribution in [2.45, 2.75) is 53.0 Å². The Morgan fingerprint density at radius 3 is 2.00 bits per heavy atom. The summed E-state index contributed by atoms with van der Waals surface area (Å²) in [6, 6.07) is 10.5. The number of anilines is 1. The highest BCUT2D eigenvalue weighted by Crippen LogP contribution is 2.40. The van der Waals surface area contributed by atoms with Crippen molar-refractivity contribution in [1.29, 1.82) is 0 Å². The molecule has 2 aliphatic rings. The number of halogens is 2. The molecule has 0 radical (unpaired) electrons. The molecular weight excluding hydrogens is 387 g/mol. The number of para-hydroxylation sites is 1. The van der Waals surface area contributed by atoms with Gasteiger partial charge in [-0.25, -0.2) is 0 Å². The fraction of sp³-hybridized carbons (Fsp3) is 0.500. The molecule has 0 unspecified atom stereocenters. The van der Waals surface area contributed by atoms with Gasteiger partial charge in [-0.3, -0.25) is 4.90 Å². The van der Waals surface area contributed by atoms with Gasteiger partial charge in [-0.15, -0.1) is 0 Å². The summed E-state index contributed by atoms with van der Waals surface area (Å²) in [5.74, 6) is 0.556. The van der Waals surface area contributed by atoms with Gasteiger partial charge in [-0.05, 0) is 74.2 Å². The Hall–Kier alpha value is -1.22. The lowest BCUT2D eigenvalue weighted by molar-refractivity contribution is 0.330. The van der Waals surface area contributed by atoms with E-state index in [4.69, 9.17) is 23.2 Å². The smallest absolute Gasteiger partial charge is 0.0745 e. The van der Waals surface area contributed by atoms with E-state index in [0.717, 1.165) is 35.4 Å². The zero-order valence-electron chi connectivity index (χ0n) is 17.6. The van der Waals surface area contributed by atoms with Crippen LogP contribution in [0.1, 0.15) is 54.9 Å². The molecule has 0 atom stereocenters. The average molecular weight is 419 g/mol. The third-order valence-corrected chi connectivity index (χ3v) is 6.52. The first kappa shape index (κ1) is 21.5. The molecule has 2 aromatic carbocycles. The summed E-state index contributed by atoms with van der Waals surface area (Å²) in [4.78, 5) is 4.87. The molecular formula is C24H32Cl2N2. The molecule has 0 aliphatic carbocycles. The van der Waals surface area contributed by atoms with Gasteiger partial charge in [0, 0.05) is 25.6 Å². The maximum absolute atomic E-state index is 6.35. The number of nitrogens with zero attached hydrogens (tertiary/aromatic N) is 2. The second-order valence-corrected chi connectivity index (χ2v) is 8.60. The van der Waals surface area contributed by atoms with Crippen LogP contribution >= 0.6 is 23.2 Å². The molecule has 2 aliphatic heterocycles. The minimum absolute atomic E-state index is 0.556. The summed E-state index contributed by atoms with van der Waals surface area (Å²) in [6.07, 6.45) is 2.69. The number of hydrogen-bond donors (Lipinski definition) is 0. The quantitative estimate of drug-likeness (QED) is 0.536. The molecule has 2 saturated heterocycles. The number of rotatable bonds is 4. The molecule has 2 aromatic rings. The lowest BCUT2D eigenvalue weighted by atomic mass is 9.87. The lowest BCUT2D eigenvalue weighted by Gasteiger charge is -2.42. The highest BCUT2D eigenvalue weighted by Gasteiger charge is 2.31. The van der Waals surface area contributed by atoms with Crippen LogP contribution in [-0.4, -0.2) is 31.1 Å². The fourth-order valence-electron chi connectivity index (χ4n) is 4.34. The van der Waals surface area contributed by atoms with Crippen LogP contribution in [0.2, 0.25) is 10.0 Å². The number of hydrogen-bond acceptors (Lipinski definition) is 2. The van der Waals surface area contributed by atoms with Crippen LogP contribution < -0.4 is 4.90 Å². The topological polar surface area (TPSA) is 6.48 Å². The second-order valence-electron chi connectivity index (χ2n) is 7.79. The third kappa shape index (κ3) is 4.50. The molecule has 152 valence electrons. The predicted molar refractivity (Wildman–Crippen MR) is 123 cm³/mol. The predicted octanol–water partition coefficient (Wildman–Crippen LogP) is 6.84. The molecule has 28 heavy (non-hydrogen) atoms. The molecule has 0 amide bonds. The summed E-state index contributed by atoms with van der Waals surface area (Å²) >= 11 is 12.7. The van der Waals surface area contributed by atoms with Gasteiger partial charge in [-0.2, -0.15) is 0 Å². The lowest BCUT2D eigenvalue weighted by Crippen LogP contribution is -2.45. The fourth-order valence-corrected chi connectivity index (χ4v) is 4.98. The normalized spacial score (nSPS) is 17.3. The molecule has 0 aromatic heterocycles. The van der Waals surface area contributed by atoms with Crippen molar-refractivity contribution in [2.24, 2.45) is 0 Å². The van der Waals surface area contributed by atoms with E-state index in [2.05, 4.69) is 35.8 Å². The molecule has 0 saturated carbocycles. The average Bonchev–Trinajstić information content (AvgIpc) is 3.14. The molecule has 2 nitrogen and oxygen atoms in total. The van der Waals surface area contributed by atoms with Gasteiger partial charge in [0.25, 0.3) is 0 Å². The van der Waals surface area contributed by atoms with Crippen molar-refractivity contribution >= 4 is 28.9 Å². The third-order valence-electron chi connectivity index (χ3n) is 5.91. The SMILES string of the molecule is CC.Cc1cc(C2CN(c3c(Cl)cccc3Cl)C2)cc(C)c1CN1CCCC1. The van der Waals surface area contributed by atoms with E-state index in [0.29, 0.717) is 5.92 Å². The highest BCUT2D eigenvalue weighted by atomic mass is 35.5. The molecule has 0 spiro atoms. The van der Waals surface area contributed by atoms with Crippen LogP contribution in [0.4, 0.5) is 5.69 Å². The molecule has 4 rings (SSSR count). The van der Waals surface area contributed by atoms with Crippen molar-refractivity contribution in [3.63, 3.8) is 0 Å². The zero-order chi connectivity index (χ0) is 20.3. The van der Waals surface area contributed by atoms with Crippen LogP contribution in [0.3, 0.4) is 0 Å². The van der Waals surface area contributed by atoms with E-state index in [1.165, 1.54) is 48.2 Å². The Labute approximate surface area is 180 Å². The van der Waals surface area contributed by atoms with E-state index < -0.39 is 0 Å². The monoisotopic (exact) mass is 418 g/mol. The van der Waals surface area contributed by atoms with Crippen LogP contribution in [0.25, 0.3) is 0 Å². The Kier molecular flexibility index (Phi) is 7.31. The van der Waals surface area contributed by atoms with Gasteiger partial charge in [0.1, 0.15) is 0 Å². The van der Waals surface area contributed by atoms with Crippen molar-refractivity contribution in [3.8, 4) is 0 Å². The van der Waals surface area contributed by atoms with Crippen LogP contribution in [0, 0.1) is 13.8 Å².